The van der Waals surface area contributed by atoms with Crippen LogP contribution in [0.2, 0.25) is 0 Å². The third-order valence-corrected chi connectivity index (χ3v) is 5.53. The van der Waals surface area contributed by atoms with Gasteiger partial charge in [0.1, 0.15) is 17.0 Å². The molecule has 26 heavy (non-hydrogen) atoms. The highest BCUT2D eigenvalue weighted by Crippen LogP contribution is 2.38. The number of nitrogens with zero attached hydrogens (tertiary/aromatic N) is 3. The van der Waals surface area contributed by atoms with E-state index in [1.54, 1.807) is 0 Å². The van der Waals surface area contributed by atoms with Crippen LogP contribution in [0, 0.1) is 5.82 Å². The molecule has 0 radical (unpaired) electrons. The average molecular weight is 391 g/mol. The highest BCUT2D eigenvalue weighted by atomic mass is 32.2. The number of fused-ring (bicyclic) bond motifs is 1. The van der Waals surface area contributed by atoms with E-state index in [0.717, 1.165) is 12.1 Å². The largest absolute Gasteiger partial charge is 0.501 e. The molecule has 1 aliphatic rings. The minimum absolute atomic E-state index is 0.0331. The molecule has 0 saturated carbocycles. The van der Waals surface area contributed by atoms with Crippen LogP contribution >= 0.6 is 0 Å². The Labute approximate surface area is 146 Å². The number of hydrogen-bond donors (Lipinski definition) is 0. The number of halogens is 4. The van der Waals surface area contributed by atoms with Crippen molar-refractivity contribution in [1.82, 2.24) is 9.97 Å². The van der Waals surface area contributed by atoms with E-state index in [4.69, 9.17) is 4.74 Å². The summed E-state index contributed by atoms with van der Waals surface area (Å²) in [6, 6.07) is 2.32. The van der Waals surface area contributed by atoms with Crippen LogP contribution < -0.4 is 9.64 Å². The molecule has 0 saturated heterocycles. The van der Waals surface area contributed by atoms with Crippen LogP contribution in [0.3, 0.4) is 0 Å². The number of ether oxygens (including phenoxy) is 1. The minimum atomic E-state index is -5.72. The lowest BCUT2D eigenvalue weighted by atomic mass is 10.1. The standard InChI is InChI=1S/C15H13F4N3O3S/c1-25-14-10-7-22(5-4-11(10)20-8-21-14)12-3-2-9(16)6-13(12)26(23,24)15(17,18)19/h2-3,6,8H,4-5,7H2,1H3. The van der Waals surface area contributed by atoms with E-state index < -0.39 is 26.1 Å². The Hall–Kier alpha value is -2.43. The van der Waals surface area contributed by atoms with Crippen LogP contribution in [-0.2, 0) is 22.8 Å². The predicted octanol–water partition coefficient (Wildman–Crippen LogP) is 2.48. The molecule has 0 fully saturated rings. The molecule has 0 spiro atoms. The second-order valence-corrected chi connectivity index (χ2v) is 7.45. The highest BCUT2D eigenvalue weighted by Gasteiger charge is 2.48. The van der Waals surface area contributed by atoms with Crippen LogP contribution in [0.25, 0.3) is 0 Å². The fourth-order valence-corrected chi connectivity index (χ4v) is 3.78. The topological polar surface area (TPSA) is 72.4 Å². The zero-order valence-corrected chi connectivity index (χ0v) is 14.2. The fraction of sp³-hybridized carbons (Fsp3) is 0.333. The Bertz CT molecular complexity index is 933. The molecular weight excluding hydrogens is 378 g/mol. The Kier molecular flexibility index (Phi) is 4.51. The monoisotopic (exact) mass is 391 g/mol. The summed E-state index contributed by atoms with van der Waals surface area (Å²) < 4.78 is 81.3. The molecule has 0 bridgehead atoms. The second kappa shape index (κ2) is 6.38. The number of anilines is 1. The van der Waals surface area contributed by atoms with Gasteiger partial charge in [-0.1, -0.05) is 0 Å². The summed E-state index contributed by atoms with van der Waals surface area (Å²) in [5, 5.41) is 0. The minimum Gasteiger partial charge on any atom is -0.481 e. The molecule has 0 unspecified atom stereocenters. The Morgan fingerprint density at radius 1 is 1.23 bits per heavy atom. The molecular formula is C15H13F4N3O3S. The predicted molar refractivity (Wildman–Crippen MR) is 83.0 cm³/mol. The maximum atomic E-state index is 13.5. The summed E-state index contributed by atoms with van der Waals surface area (Å²) >= 11 is 0. The van der Waals surface area contributed by atoms with E-state index >= 15 is 0 Å². The quantitative estimate of drug-likeness (QED) is 0.749. The Balaban J connectivity index is 2.09. The molecule has 140 valence electrons. The van der Waals surface area contributed by atoms with Crippen molar-refractivity contribution in [3.63, 3.8) is 0 Å². The van der Waals surface area contributed by atoms with Crippen molar-refractivity contribution in [2.45, 2.75) is 23.4 Å². The lowest BCUT2D eigenvalue weighted by molar-refractivity contribution is -0.0435. The summed E-state index contributed by atoms with van der Waals surface area (Å²) in [6.45, 7) is 0.241. The fourth-order valence-electron chi connectivity index (χ4n) is 2.79. The SMILES string of the molecule is COc1ncnc2c1CN(c1ccc(F)cc1S(=O)(=O)C(F)(F)F)CC2. The van der Waals surface area contributed by atoms with E-state index in [-0.39, 0.29) is 24.7 Å². The van der Waals surface area contributed by atoms with Crippen molar-refractivity contribution in [2.75, 3.05) is 18.6 Å². The van der Waals surface area contributed by atoms with Gasteiger partial charge in [-0.05, 0) is 18.2 Å². The first-order valence-corrected chi connectivity index (χ1v) is 8.86. The molecule has 0 amide bonds. The number of hydrogen-bond acceptors (Lipinski definition) is 6. The van der Waals surface area contributed by atoms with Crippen LogP contribution in [0.15, 0.2) is 29.4 Å². The van der Waals surface area contributed by atoms with Crippen molar-refractivity contribution < 1.29 is 30.7 Å². The first kappa shape index (κ1) is 18.4. The van der Waals surface area contributed by atoms with Crippen LogP contribution in [-0.4, -0.2) is 37.5 Å². The van der Waals surface area contributed by atoms with E-state index in [1.807, 2.05) is 0 Å². The molecule has 0 aliphatic carbocycles. The van der Waals surface area contributed by atoms with Crippen molar-refractivity contribution in [3.05, 3.63) is 41.6 Å². The van der Waals surface area contributed by atoms with Gasteiger partial charge in [-0.15, -0.1) is 0 Å². The molecule has 0 atom stereocenters. The molecule has 6 nitrogen and oxygen atoms in total. The van der Waals surface area contributed by atoms with Gasteiger partial charge in [0.2, 0.25) is 5.88 Å². The maximum Gasteiger partial charge on any atom is 0.501 e. The van der Waals surface area contributed by atoms with Crippen LogP contribution in [0.1, 0.15) is 11.3 Å². The van der Waals surface area contributed by atoms with Gasteiger partial charge in [0.25, 0.3) is 9.84 Å². The molecule has 1 aliphatic heterocycles. The lowest BCUT2D eigenvalue weighted by Gasteiger charge is -2.31. The lowest BCUT2D eigenvalue weighted by Crippen LogP contribution is -2.34. The Morgan fingerprint density at radius 3 is 2.62 bits per heavy atom. The zero-order chi connectivity index (χ0) is 19.1. The summed E-state index contributed by atoms with van der Waals surface area (Å²) in [5.41, 5.74) is -4.57. The third kappa shape index (κ3) is 3.06. The molecule has 0 N–H and O–H groups in total. The third-order valence-electron chi connectivity index (χ3n) is 4.01. The molecule has 1 aromatic carbocycles. The second-order valence-electron chi connectivity index (χ2n) is 5.54. The molecule has 2 heterocycles. The van der Waals surface area contributed by atoms with E-state index in [9.17, 15) is 26.0 Å². The van der Waals surface area contributed by atoms with Crippen molar-refractivity contribution in [2.24, 2.45) is 0 Å². The normalized spacial score (nSPS) is 14.9. The van der Waals surface area contributed by atoms with Gasteiger partial charge in [-0.2, -0.15) is 13.2 Å². The van der Waals surface area contributed by atoms with E-state index in [2.05, 4.69) is 9.97 Å². The van der Waals surface area contributed by atoms with Gasteiger partial charge in [0.05, 0.1) is 30.6 Å². The first-order valence-electron chi connectivity index (χ1n) is 7.37. The summed E-state index contributed by atoms with van der Waals surface area (Å²) in [5.74, 6) is -0.822. The van der Waals surface area contributed by atoms with Gasteiger partial charge in [-0.25, -0.2) is 22.8 Å². The number of benzene rings is 1. The van der Waals surface area contributed by atoms with Gasteiger partial charge in [0.15, 0.2) is 0 Å². The van der Waals surface area contributed by atoms with Gasteiger partial charge in [-0.3, -0.25) is 0 Å². The van der Waals surface area contributed by atoms with Gasteiger partial charge < -0.3 is 9.64 Å². The van der Waals surface area contributed by atoms with E-state index in [1.165, 1.54) is 18.3 Å². The molecule has 3 rings (SSSR count). The number of rotatable bonds is 3. The highest BCUT2D eigenvalue weighted by molar-refractivity contribution is 7.92. The zero-order valence-electron chi connectivity index (χ0n) is 13.4. The van der Waals surface area contributed by atoms with Crippen molar-refractivity contribution in [1.29, 1.82) is 0 Å². The number of aromatic nitrogens is 2. The molecule has 11 heteroatoms. The molecule has 2 aromatic rings. The van der Waals surface area contributed by atoms with Crippen molar-refractivity contribution >= 4 is 15.5 Å². The van der Waals surface area contributed by atoms with Crippen LogP contribution in [0.4, 0.5) is 23.2 Å². The number of sulfone groups is 1. The summed E-state index contributed by atoms with van der Waals surface area (Å²) in [7, 11) is -4.33. The number of alkyl halides is 3. The Morgan fingerprint density at radius 2 is 1.96 bits per heavy atom. The number of methoxy groups -OCH3 is 1. The maximum absolute atomic E-state index is 13.5. The summed E-state index contributed by atoms with van der Waals surface area (Å²) in [4.78, 5) is 8.34. The van der Waals surface area contributed by atoms with E-state index in [0.29, 0.717) is 23.7 Å². The smallest absolute Gasteiger partial charge is 0.481 e. The first-order chi connectivity index (χ1) is 12.1. The molecule has 1 aromatic heterocycles. The van der Waals surface area contributed by atoms with Gasteiger partial charge >= 0.3 is 5.51 Å². The summed E-state index contributed by atoms with van der Waals surface area (Å²) in [6.07, 6.45) is 1.65. The van der Waals surface area contributed by atoms with Crippen molar-refractivity contribution in [3.8, 4) is 5.88 Å². The average Bonchev–Trinajstić information content (AvgIpc) is 2.59. The van der Waals surface area contributed by atoms with Gasteiger partial charge in [0, 0.05) is 13.0 Å². The van der Waals surface area contributed by atoms with Crippen LogP contribution in [0.5, 0.6) is 5.88 Å².